The number of methoxy groups -OCH3 is 2. The highest BCUT2D eigenvalue weighted by atomic mass is 16.5. The largest absolute Gasteiger partial charge is 0.507 e. The summed E-state index contributed by atoms with van der Waals surface area (Å²) in [5.74, 6) is 1.99. The normalized spacial score (nSPS) is 19.2. The molecule has 0 aliphatic carbocycles. The number of phenols is 2. The average Bonchev–Trinajstić information content (AvgIpc) is 3.24. The highest BCUT2D eigenvalue weighted by Crippen LogP contribution is 2.48. The van der Waals surface area contributed by atoms with Crippen molar-refractivity contribution >= 4 is 5.71 Å². The van der Waals surface area contributed by atoms with E-state index in [1.54, 1.807) is 37.4 Å². The maximum absolute atomic E-state index is 10.5. The molecule has 2 heterocycles. The highest BCUT2D eigenvalue weighted by molar-refractivity contribution is 6.04. The lowest BCUT2D eigenvalue weighted by Gasteiger charge is -2.38. The second-order valence-corrected chi connectivity index (χ2v) is 7.47. The lowest BCUT2D eigenvalue weighted by molar-refractivity contribution is -0.0191. The fourth-order valence-electron chi connectivity index (χ4n) is 4.15. The van der Waals surface area contributed by atoms with Crippen molar-refractivity contribution in [2.45, 2.75) is 18.7 Å². The van der Waals surface area contributed by atoms with E-state index in [1.807, 2.05) is 35.3 Å². The maximum atomic E-state index is 10.5. The molecule has 0 unspecified atom stereocenters. The van der Waals surface area contributed by atoms with E-state index in [4.69, 9.17) is 19.3 Å². The van der Waals surface area contributed by atoms with E-state index in [1.165, 1.54) is 7.11 Å². The first-order chi connectivity index (χ1) is 15.1. The van der Waals surface area contributed by atoms with Crippen LogP contribution in [-0.2, 0) is 0 Å². The molecule has 5 rings (SSSR count). The van der Waals surface area contributed by atoms with Crippen molar-refractivity contribution in [3.63, 3.8) is 0 Å². The number of fused-ring (bicyclic) bond motifs is 3. The summed E-state index contributed by atoms with van der Waals surface area (Å²) in [5.41, 5.74) is 3.14. The van der Waals surface area contributed by atoms with Crippen molar-refractivity contribution in [1.82, 2.24) is 5.01 Å². The summed E-state index contributed by atoms with van der Waals surface area (Å²) in [4.78, 5) is 0. The third kappa shape index (κ3) is 3.18. The average molecular weight is 418 g/mol. The van der Waals surface area contributed by atoms with Gasteiger partial charge >= 0.3 is 0 Å². The maximum Gasteiger partial charge on any atom is 0.214 e. The molecule has 31 heavy (non-hydrogen) atoms. The molecule has 3 aromatic rings. The van der Waals surface area contributed by atoms with Crippen molar-refractivity contribution in [1.29, 1.82) is 0 Å². The predicted octanol–water partition coefficient (Wildman–Crippen LogP) is 4.36. The van der Waals surface area contributed by atoms with Gasteiger partial charge in [0.15, 0.2) is 11.5 Å². The molecule has 2 aliphatic rings. The molecule has 0 fully saturated rings. The van der Waals surface area contributed by atoms with Gasteiger partial charge in [-0.25, -0.2) is 5.01 Å². The first-order valence-electron chi connectivity index (χ1n) is 9.94. The van der Waals surface area contributed by atoms with Gasteiger partial charge in [-0.3, -0.25) is 0 Å². The molecule has 0 bridgehead atoms. The second kappa shape index (κ2) is 7.43. The first kappa shape index (κ1) is 19.1. The predicted molar refractivity (Wildman–Crippen MR) is 115 cm³/mol. The Morgan fingerprint density at radius 3 is 2.58 bits per heavy atom. The number of ether oxygens (including phenoxy) is 3. The molecular formula is C24H22N2O5. The Labute approximate surface area is 179 Å². The van der Waals surface area contributed by atoms with Gasteiger partial charge in [-0.15, -0.1) is 0 Å². The lowest BCUT2D eigenvalue weighted by Crippen LogP contribution is -2.33. The van der Waals surface area contributed by atoms with Crippen LogP contribution in [0.4, 0.5) is 0 Å². The SMILES string of the molecule is COc1ccc(O)c(C2=NN3[C@@H](C2)c2ccccc2O[C@H]3c2ccc(OC)c(O)c2)c1. The molecule has 0 radical (unpaired) electrons. The van der Waals surface area contributed by atoms with E-state index >= 15 is 0 Å². The lowest BCUT2D eigenvalue weighted by atomic mass is 9.95. The smallest absolute Gasteiger partial charge is 0.214 e. The second-order valence-electron chi connectivity index (χ2n) is 7.47. The molecule has 7 heteroatoms. The van der Waals surface area contributed by atoms with Crippen molar-refractivity contribution in [3.8, 4) is 28.7 Å². The first-order valence-corrected chi connectivity index (χ1v) is 9.94. The number of hydrogen-bond acceptors (Lipinski definition) is 7. The minimum Gasteiger partial charge on any atom is -0.507 e. The third-order valence-electron chi connectivity index (χ3n) is 5.70. The van der Waals surface area contributed by atoms with Gasteiger partial charge < -0.3 is 24.4 Å². The van der Waals surface area contributed by atoms with Crippen LogP contribution in [0.3, 0.4) is 0 Å². The fraction of sp³-hybridized carbons (Fsp3) is 0.208. The van der Waals surface area contributed by atoms with Gasteiger partial charge in [0, 0.05) is 23.1 Å². The topological polar surface area (TPSA) is 83.8 Å². The molecule has 7 nitrogen and oxygen atoms in total. The Kier molecular flexibility index (Phi) is 4.58. The molecule has 0 saturated carbocycles. The van der Waals surface area contributed by atoms with Crippen LogP contribution in [0.1, 0.15) is 35.4 Å². The van der Waals surface area contributed by atoms with Gasteiger partial charge in [0.25, 0.3) is 0 Å². The molecule has 2 aliphatic heterocycles. The van der Waals surface area contributed by atoms with Crippen LogP contribution in [0.2, 0.25) is 0 Å². The van der Waals surface area contributed by atoms with Crippen LogP contribution in [0.15, 0.2) is 65.8 Å². The number of nitrogens with zero attached hydrogens (tertiary/aromatic N) is 2. The summed E-state index contributed by atoms with van der Waals surface area (Å²) in [7, 11) is 3.10. The van der Waals surface area contributed by atoms with Gasteiger partial charge in [0.05, 0.1) is 26.0 Å². The minimum atomic E-state index is -0.540. The molecule has 158 valence electrons. The number of hydrazone groups is 1. The van der Waals surface area contributed by atoms with E-state index in [-0.39, 0.29) is 17.5 Å². The van der Waals surface area contributed by atoms with E-state index in [2.05, 4.69) is 0 Å². The van der Waals surface area contributed by atoms with Crippen LogP contribution in [0.25, 0.3) is 0 Å². The van der Waals surface area contributed by atoms with Crippen LogP contribution >= 0.6 is 0 Å². The Balaban J connectivity index is 1.60. The van der Waals surface area contributed by atoms with Gasteiger partial charge in [-0.05, 0) is 42.5 Å². The quantitative estimate of drug-likeness (QED) is 0.655. The van der Waals surface area contributed by atoms with E-state index in [0.717, 1.165) is 22.6 Å². The summed E-state index contributed by atoms with van der Waals surface area (Å²) in [6.07, 6.45) is 0.0571. The van der Waals surface area contributed by atoms with E-state index in [9.17, 15) is 10.2 Å². The zero-order valence-corrected chi connectivity index (χ0v) is 17.1. The van der Waals surface area contributed by atoms with Crippen molar-refractivity contribution in [3.05, 3.63) is 77.4 Å². The molecule has 3 aromatic carbocycles. The van der Waals surface area contributed by atoms with Gasteiger partial charge in [0.1, 0.15) is 17.2 Å². The van der Waals surface area contributed by atoms with E-state index in [0.29, 0.717) is 23.5 Å². The molecule has 0 aromatic heterocycles. The summed E-state index contributed by atoms with van der Waals surface area (Å²) < 4.78 is 16.8. The molecule has 0 spiro atoms. The standard InChI is InChI=1S/C24H22N2O5/c1-29-15-8-9-20(27)17(12-15)18-13-19-16-5-3-4-6-22(16)31-24(26(19)25-18)14-7-10-23(30-2)21(28)11-14/h3-12,19,24,27-28H,13H2,1-2H3/t19-,24-/m0/s1. The summed E-state index contributed by atoms with van der Waals surface area (Å²) >= 11 is 0. The zero-order valence-electron chi connectivity index (χ0n) is 17.1. The van der Waals surface area contributed by atoms with Gasteiger partial charge in [-0.1, -0.05) is 18.2 Å². The van der Waals surface area contributed by atoms with Crippen LogP contribution in [-0.4, -0.2) is 35.2 Å². The minimum absolute atomic E-state index is 0.0350. The van der Waals surface area contributed by atoms with E-state index < -0.39 is 6.23 Å². The highest BCUT2D eigenvalue weighted by Gasteiger charge is 2.41. The van der Waals surface area contributed by atoms with Crippen LogP contribution < -0.4 is 14.2 Å². The molecule has 0 saturated heterocycles. The molecule has 2 atom stereocenters. The number of hydrogen-bond donors (Lipinski definition) is 2. The monoisotopic (exact) mass is 418 g/mol. The molecule has 2 N–H and O–H groups in total. The van der Waals surface area contributed by atoms with Crippen LogP contribution in [0.5, 0.6) is 28.7 Å². The van der Waals surface area contributed by atoms with Gasteiger partial charge in [0.2, 0.25) is 6.23 Å². The zero-order chi connectivity index (χ0) is 21.5. The third-order valence-corrected chi connectivity index (χ3v) is 5.70. The number of para-hydroxylation sites is 1. The molecular weight excluding hydrogens is 396 g/mol. The summed E-state index contributed by atoms with van der Waals surface area (Å²) in [6, 6.07) is 18.1. The fourth-order valence-corrected chi connectivity index (χ4v) is 4.15. The Bertz CT molecular complexity index is 1180. The van der Waals surface area contributed by atoms with Crippen molar-refractivity contribution in [2.75, 3.05) is 14.2 Å². The summed E-state index contributed by atoms with van der Waals surface area (Å²) in [6.45, 7) is 0. The number of phenolic OH excluding ortho intramolecular Hbond substituents is 2. The van der Waals surface area contributed by atoms with Crippen LogP contribution in [0, 0.1) is 0 Å². The Morgan fingerprint density at radius 1 is 0.968 bits per heavy atom. The van der Waals surface area contributed by atoms with Crippen molar-refractivity contribution in [2.24, 2.45) is 5.10 Å². The summed E-state index contributed by atoms with van der Waals surface area (Å²) in [5, 5.41) is 27.5. The Hall–Kier alpha value is -3.87. The number of benzene rings is 3. The van der Waals surface area contributed by atoms with Crippen molar-refractivity contribution < 1.29 is 24.4 Å². The molecule has 0 amide bonds. The van der Waals surface area contributed by atoms with Gasteiger partial charge in [-0.2, -0.15) is 5.10 Å². The number of rotatable bonds is 4. The Morgan fingerprint density at radius 2 is 1.81 bits per heavy atom. The number of aromatic hydroxyl groups is 2.